The molecule has 0 fully saturated rings. The molecule has 6 heteroatoms. The summed E-state index contributed by atoms with van der Waals surface area (Å²) in [7, 11) is 1.66. The number of aryl methyl sites for hydroxylation is 3. The van der Waals surface area contributed by atoms with Gasteiger partial charge in [-0.05, 0) is 56.5 Å². The van der Waals surface area contributed by atoms with E-state index in [2.05, 4.69) is 10.1 Å². The summed E-state index contributed by atoms with van der Waals surface area (Å²) in [6.07, 6.45) is 1.82. The van der Waals surface area contributed by atoms with Gasteiger partial charge in [0, 0.05) is 17.8 Å². The van der Waals surface area contributed by atoms with Gasteiger partial charge < -0.3 is 14.2 Å². The highest BCUT2D eigenvalue weighted by molar-refractivity contribution is 6.14. The second-order valence-electron chi connectivity index (χ2n) is 7.92. The Kier molecular flexibility index (Phi) is 4.70. The van der Waals surface area contributed by atoms with Gasteiger partial charge in [-0.15, -0.1) is 0 Å². The van der Waals surface area contributed by atoms with Gasteiger partial charge in [0.25, 0.3) is 11.6 Å². The molecule has 1 amide bonds. The van der Waals surface area contributed by atoms with Crippen molar-refractivity contribution >= 4 is 22.7 Å². The minimum Gasteiger partial charge on any atom is -0.497 e. The standard InChI is InChI=1S/C25H23N3O3/c1-15-6-8-17(9-7-15)21-14-20(23-16(2)27-31-24(23)26-21)25(29)28-12-4-5-18-13-19(30-3)10-11-22(18)28/h6-11,13-14H,4-5,12H2,1-3H3. The van der Waals surface area contributed by atoms with E-state index in [9.17, 15) is 4.79 Å². The third kappa shape index (κ3) is 3.34. The second kappa shape index (κ2) is 7.54. The van der Waals surface area contributed by atoms with Crippen molar-refractivity contribution in [3.63, 3.8) is 0 Å². The molecule has 4 aromatic rings. The third-order valence-electron chi connectivity index (χ3n) is 5.85. The number of nitrogens with zero attached hydrogens (tertiary/aromatic N) is 3. The lowest BCUT2D eigenvalue weighted by Gasteiger charge is -2.30. The Hall–Kier alpha value is -3.67. The number of aromatic nitrogens is 2. The highest BCUT2D eigenvalue weighted by Crippen LogP contribution is 2.34. The van der Waals surface area contributed by atoms with Crippen LogP contribution in [0.15, 0.2) is 53.1 Å². The summed E-state index contributed by atoms with van der Waals surface area (Å²) in [6, 6.07) is 15.8. The molecule has 5 rings (SSSR count). The van der Waals surface area contributed by atoms with E-state index in [1.165, 1.54) is 0 Å². The Morgan fingerprint density at radius 1 is 1.10 bits per heavy atom. The number of rotatable bonds is 3. The first-order chi connectivity index (χ1) is 15.0. The second-order valence-corrected chi connectivity index (χ2v) is 7.92. The van der Waals surface area contributed by atoms with Gasteiger partial charge in [0.2, 0.25) is 0 Å². The van der Waals surface area contributed by atoms with Crippen molar-refractivity contribution in [3.05, 3.63) is 70.9 Å². The van der Waals surface area contributed by atoms with Crippen molar-refractivity contribution in [2.45, 2.75) is 26.7 Å². The number of hydrogen-bond donors (Lipinski definition) is 0. The highest BCUT2D eigenvalue weighted by Gasteiger charge is 2.28. The first-order valence-electron chi connectivity index (χ1n) is 10.4. The van der Waals surface area contributed by atoms with Gasteiger partial charge in [-0.3, -0.25) is 4.79 Å². The van der Waals surface area contributed by atoms with Gasteiger partial charge in [0.1, 0.15) is 5.75 Å². The lowest BCUT2D eigenvalue weighted by Crippen LogP contribution is -2.35. The molecule has 6 nitrogen and oxygen atoms in total. The lowest BCUT2D eigenvalue weighted by atomic mass is 9.99. The van der Waals surface area contributed by atoms with Crippen LogP contribution in [0.2, 0.25) is 0 Å². The molecule has 0 N–H and O–H groups in total. The van der Waals surface area contributed by atoms with Crippen molar-refractivity contribution in [1.29, 1.82) is 0 Å². The molecule has 1 aliphatic rings. The summed E-state index contributed by atoms with van der Waals surface area (Å²) < 4.78 is 10.8. The molecule has 0 spiro atoms. The van der Waals surface area contributed by atoms with E-state index in [1.54, 1.807) is 7.11 Å². The van der Waals surface area contributed by atoms with Gasteiger partial charge in [-0.2, -0.15) is 0 Å². The van der Waals surface area contributed by atoms with Crippen LogP contribution in [0.4, 0.5) is 5.69 Å². The highest BCUT2D eigenvalue weighted by atomic mass is 16.5. The molecule has 31 heavy (non-hydrogen) atoms. The maximum absolute atomic E-state index is 13.8. The van der Waals surface area contributed by atoms with Crippen LogP contribution in [0.5, 0.6) is 5.75 Å². The number of amides is 1. The summed E-state index contributed by atoms with van der Waals surface area (Å²) in [6.45, 7) is 4.54. The molecular formula is C25H23N3O3. The zero-order valence-corrected chi connectivity index (χ0v) is 17.8. The molecule has 156 valence electrons. The minimum atomic E-state index is -0.0711. The van der Waals surface area contributed by atoms with Crippen LogP contribution < -0.4 is 9.64 Å². The number of carbonyl (C=O) groups excluding carboxylic acids is 1. The number of benzene rings is 2. The summed E-state index contributed by atoms with van der Waals surface area (Å²) >= 11 is 0. The largest absolute Gasteiger partial charge is 0.497 e. The van der Waals surface area contributed by atoms with E-state index >= 15 is 0 Å². The van der Waals surface area contributed by atoms with Gasteiger partial charge in [-0.25, -0.2) is 4.98 Å². The van der Waals surface area contributed by atoms with E-state index in [-0.39, 0.29) is 5.91 Å². The van der Waals surface area contributed by atoms with Crippen molar-refractivity contribution in [2.24, 2.45) is 0 Å². The first kappa shape index (κ1) is 19.3. The zero-order chi connectivity index (χ0) is 21.5. The van der Waals surface area contributed by atoms with Crippen molar-refractivity contribution in [1.82, 2.24) is 10.1 Å². The van der Waals surface area contributed by atoms with Gasteiger partial charge in [0.15, 0.2) is 0 Å². The van der Waals surface area contributed by atoms with E-state index in [4.69, 9.17) is 9.26 Å². The molecule has 1 aliphatic heterocycles. The van der Waals surface area contributed by atoms with Crippen LogP contribution in [-0.2, 0) is 6.42 Å². The van der Waals surface area contributed by atoms with E-state index in [0.717, 1.165) is 41.0 Å². The molecule has 2 aromatic heterocycles. The molecule has 0 bridgehead atoms. The van der Waals surface area contributed by atoms with Crippen LogP contribution in [0.1, 0.15) is 33.6 Å². The Labute approximate surface area is 180 Å². The maximum Gasteiger partial charge on any atom is 0.259 e. The molecular weight excluding hydrogens is 390 g/mol. The average Bonchev–Trinajstić information content (AvgIpc) is 3.18. The zero-order valence-electron chi connectivity index (χ0n) is 17.8. The van der Waals surface area contributed by atoms with Crippen molar-refractivity contribution in [2.75, 3.05) is 18.6 Å². The Balaban J connectivity index is 1.64. The molecule has 0 atom stereocenters. The Morgan fingerprint density at radius 3 is 2.68 bits per heavy atom. The van der Waals surface area contributed by atoms with Gasteiger partial charge >= 0.3 is 0 Å². The smallest absolute Gasteiger partial charge is 0.259 e. The quantitative estimate of drug-likeness (QED) is 0.467. The lowest BCUT2D eigenvalue weighted by molar-refractivity contribution is 0.0986. The molecule has 0 unspecified atom stereocenters. The number of anilines is 1. The average molecular weight is 413 g/mol. The first-order valence-corrected chi connectivity index (χ1v) is 10.4. The maximum atomic E-state index is 13.8. The number of ether oxygens (including phenoxy) is 1. The monoisotopic (exact) mass is 413 g/mol. The Morgan fingerprint density at radius 2 is 1.90 bits per heavy atom. The fraction of sp³-hybridized carbons (Fsp3) is 0.240. The van der Waals surface area contributed by atoms with Crippen LogP contribution in [0.3, 0.4) is 0 Å². The number of methoxy groups -OCH3 is 1. The van der Waals surface area contributed by atoms with E-state index in [1.807, 2.05) is 67.3 Å². The number of carbonyl (C=O) groups is 1. The normalized spacial score (nSPS) is 13.3. The van der Waals surface area contributed by atoms with E-state index in [0.29, 0.717) is 34.6 Å². The third-order valence-corrected chi connectivity index (χ3v) is 5.85. The van der Waals surface area contributed by atoms with Crippen LogP contribution in [0.25, 0.3) is 22.4 Å². The fourth-order valence-electron chi connectivity index (χ4n) is 4.19. The molecule has 3 heterocycles. The number of fused-ring (bicyclic) bond motifs is 2. The fourth-order valence-corrected chi connectivity index (χ4v) is 4.19. The topological polar surface area (TPSA) is 68.5 Å². The molecule has 0 aliphatic carbocycles. The predicted octanol–water partition coefficient (Wildman–Crippen LogP) is 5.11. The van der Waals surface area contributed by atoms with Crippen molar-refractivity contribution < 1.29 is 14.1 Å². The van der Waals surface area contributed by atoms with Crippen LogP contribution in [-0.4, -0.2) is 29.7 Å². The Bertz CT molecular complexity index is 1290. The summed E-state index contributed by atoms with van der Waals surface area (Å²) in [5, 5.41) is 4.74. The van der Waals surface area contributed by atoms with Gasteiger partial charge in [-0.1, -0.05) is 35.0 Å². The summed E-state index contributed by atoms with van der Waals surface area (Å²) in [5.74, 6) is 0.731. The van der Waals surface area contributed by atoms with Crippen LogP contribution in [0, 0.1) is 13.8 Å². The van der Waals surface area contributed by atoms with Gasteiger partial charge in [0.05, 0.1) is 29.4 Å². The van der Waals surface area contributed by atoms with Crippen LogP contribution >= 0.6 is 0 Å². The molecule has 0 saturated heterocycles. The number of pyridine rings is 1. The molecule has 0 saturated carbocycles. The van der Waals surface area contributed by atoms with Crippen molar-refractivity contribution in [3.8, 4) is 17.0 Å². The minimum absolute atomic E-state index is 0.0711. The molecule has 0 radical (unpaired) electrons. The number of hydrogen-bond acceptors (Lipinski definition) is 5. The summed E-state index contributed by atoms with van der Waals surface area (Å²) in [5.41, 5.74) is 6.43. The van der Waals surface area contributed by atoms with E-state index < -0.39 is 0 Å². The predicted molar refractivity (Wildman–Crippen MR) is 120 cm³/mol. The summed E-state index contributed by atoms with van der Waals surface area (Å²) in [4.78, 5) is 20.3. The molecule has 2 aromatic carbocycles. The SMILES string of the molecule is COc1ccc2c(c1)CCCN2C(=O)c1cc(-c2ccc(C)cc2)nc2onc(C)c12.